The molecule has 0 atom stereocenters. The Bertz CT molecular complexity index is 1480. The van der Waals surface area contributed by atoms with Crippen molar-refractivity contribution in [3.63, 3.8) is 0 Å². The van der Waals surface area contributed by atoms with Crippen molar-refractivity contribution < 1.29 is 0 Å². The Balaban J connectivity index is 0.000000143. The molecule has 0 unspecified atom stereocenters. The zero-order valence-corrected chi connectivity index (χ0v) is 22.2. The molecule has 0 amide bonds. The lowest BCUT2D eigenvalue weighted by molar-refractivity contribution is 0.880. The minimum Gasteiger partial charge on any atom is -0.259 e. The zero-order valence-electron chi connectivity index (χ0n) is 20.7. The summed E-state index contributed by atoms with van der Waals surface area (Å²) in [5.74, 6) is 1.56. The van der Waals surface area contributed by atoms with Crippen LogP contribution in [0.3, 0.4) is 0 Å². The summed E-state index contributed by atoms with van der Waals surface area (Å²) in [6.45, 7) is 4.14. The van der Waals surface area contributed by atoms with Gasteiger partial charge in [0, 0.05) is 15.6 Å². The van der Waals surface area contributed by atoms with Gasteiger partial charge in [0.25, 0.3) is 0 Å². The molecule has 0 aliphatic rings. The zero-order chi connectivity index (χ0) is 25.9. The average Bonchev–Trinajstić information content (AvgIpc) is 3.64. The van der Waals surface area contributed by atoms with E-state index in [1.54, 1.807) is 11.0 Å². The maximum atomic E-state index is 4.50. The summed E-state index contributed by atoms with van der Waals surface area (Å²) in [4.78, 5) is 8.36. The third-order valence-electron chi connectivity index (χ3n) is 5.23. The quantitative estimate of drug-likeness (QED) is 0.248. The summed E-state index contributed by atoms with van der Waals surface area (Å²) in [7, 11) is 0. The summed E-state index contributed by atoms with van der Waals surface area (Å²) in [6, 6.07) is 36.3. The summed E-state index contributed by atoms with van der Waals surface area (Å²) in [6.07, 6.45) is 3.25. The SMILES string of the molecule is Cc1cccc(-n2cnc(-c3ccccc3)n2)c1.Cc1cccc(Br)c1.c1ccc(-c2ncn[nH]2)cc1. The molecule has 0 saturated heterocycles. The number of aromatic amines is 1. The number of halogens is 1. The van der Waals surface area contributed by atoms with Crippen molar-refractivity contribution in [2.24, 2.45) is 0 Å². The number of aromatic nitrogens is 6. The van der Waals surface area contributed by atoms with Gasteiger partial charge in [-0.05, 0) is 43.7 Å². The second-order valence-electron chi connectivity index (χ2n) is 8.22. The van der Waals surface area contributed by atoms with Crippen molar-refractivity contribution in [1.82, 2.24) is 29.9 Å². The molecule has 0 fully saturated rings. The van der Waals surface area contributed by atoms with Gasteiger partial charge in [-0.3, -0.25) is 5.10 Å². The smallest absolute Gasteiger partial charge is 0.181 e. The third-order valence-corrected chi connectivity index (χ3v) is 5.73. The van der Waals surface area contributed by atoms with Crippen LogP contribution in [-0.2, 0) is 0 Å². The predicted octanol–water partition coefficient (Wildman–Crippen LogP) is 7.47. The molecule has 1 N–H and O–H groups in total. The Morgan fingerprint density at radius 1 is 0.676 bits per heavy atom. The molecule has 2 heterocycles. The topological polar surface area (TPSA) is 72.3 Å². The molecule has 0 spiro atoms. The first-order valence-electron chi connectivity index (χ1n) is 11.8. The summed E-state index contributed by atoms with van der Waals surface area (Å²) in [5, 5.41) is 11.1. The highest BCUT2D eigenvalue weighted by molar-refractivity contribution is 9.10. The standard InChI is InChI=1S/C15H13N3.C8H7N3.C7H7Br/c1-12-6-5-9-14(10-12)18-11-16-15(17-18)13-7-3-2-4-8-13;1-2-4-7(5-3-1)8-9-6-10-11-8;1-6-3-2-4-7(8)5-6/h2-11H,1H3;1-6H,(H,9,10,11);2-5H,1H3. The van der Waals surface area contributed by atoms with Gasteiger partial charge >= 0.3 is 0 Å². The van der Waals surface area contributed by atoms with Crippen molar-refractivity contribution in [2.45, 2.75) is 13.8 Å². The van der Waals surface area contributed by atoms with E-state index in [0.29, 0.717) is 0 Å². The number of hydrogen-bond donors (Lipinski definition) is 1. The van der Waals surface area contributed by atoms with E-state index >= 15 is 0 Å². The number of nitrogens with zero attached hydrogens (tertiary/aromatic N) is 5. The van der Waals surface area contributed by atoms with E-state index in [-0.39, 0.29) is 0 Å². The Morgan fingerprint density at radius 3 is 1.89 bits per heavy atom. The normalized spacial score (nSPS) is 10.0. The number of hydrogen-bond acceptors (Lipinski definition) is 4. The van der Waals surface area contributed by atoms with Crippen LogP contribution in [0.15, 0.2) is 126 Å². The first kappa shape index (κ1) is 25.7. The first-order chi connectivity index (χ1) is 18.1. The fraction of sp³-hybridized carbons (Fsp3) is 0.0667. The van der Waals surface area contributed by atoms with Crippen LogP contribution < -0.4 is 0 Å². The third kappa shape index (κ3) is 7.81. The van der Waals surface area contributed by atoms with Crippen molar-refractivity contribution in [3.8, 4) is 28.5 Å². The highest BCUT2D eigenvalue weighted by Gasteiger charge is 2.04. The minimum absolute atomic E-state index is 0.747. The molecule has 6 aromatic rings. The second-order valence-corrected chi connectivity index (χ2v) is 9.13. The molecule has 37 heavy (non-hydrogen) atoms. The van der Waals surface area contributed by atoms with Crippen molar-refractivity contribution in [3.05, 3.63) is 137 Å². The van der Waals surface area contributed by atoms with Gasteiger partial charge in [0.05, 0.1) is 5.69 Å². The van der Waals surface area contributed by atoms with Crippen LogP contribution >= 0.6 is 15.9 Å². The molecule has 7 heteroatoms. The number of benzene rings is 4. The van der Waals surface area contributed by atoms with Gasteiger partial charge in [0.2, 0.25) is 0 Å². The summed E-state index contributed by atoms with van der Waals surface area (Å²) in [5.41, 5.74) is 5.63. The first-order valence-corrected chi connectivity index (χ1v) is 12.5. The van der Waals surface area contributed by atoms with Gasteiger partial charge in [0.15, 0.2) is 11.6 Å². The van der Waals surface area contributed by atoms with E-state index in [2.05, 4.69) is 79.3 Å². The van der Waals surface area contributed by atoms with Crippen LogP contribution in [0.2, 0.25) is 0 Å². The van der Waals surface area contributed by atoms with Gasteiger partial charge in [0.1, 0.15) is 12.7 Å². The van der Waals surface area contributed by atoms with E-state index in [4.69, 9.17) is 0 Å². The average molecular weight is 551 g/mol. The Kier molecular flexibility index (Phi) is 9.10. The molecular formula is C30H27BrN6. The highest BCUT2D eigenvalue weighted by Crippen LogP contribution is 2.16. The Morgan fingerprint density at radius 2 is 1.32 bits per heavy atom. The van der Waals surface area contributed by atoms with Crippen LogP contribution in [0.25, 0.3) is 28.5 Å². The van der Waals surface area contributed by atoms with E-state index in [9.17, 15) is 0 Å². The van der Waals surface area contributed by atoms with Crippen LogP contribution in [0, 0.1) is 13.8 Å². The number of nitrogens with one attached hydrogen (secondary N) is 1. The van der Waals surface area contributed by atoms with E-state index in [1.807, 2.05) is 84.9 Å². The molecule has 4 aromatic carbocycles. The number of H-pyrrole nitrogens is 1. The lowest BCUT2D eigenvalue weighted by Crippen LogP contribution is -1.95. The van der Waals surface area contributed by atoms with Crippen LogP contribution in [0.4, 0.5) is 0 Å². The van der Waals surface area contributed by atoms with Crippen LogP contribution in [-0.4, -0.2) is 29.9 Å². The van der Waals surface area contributed by atoms with Crippen molar-refractivity contribution in [1.29, 1.82) is 0 Å². The van der Waals surface area contributed by atoms with Crippen LogP contribution in [0.1, 0.15) is 11.1 Å². The van der Waals surface area contributed by atoms with Gasteiger partial charge in [-0.25, -0.2) is 14.6 Å². The van der Waals surface area contributed by atoms with Gasteiger partial charge < -0.3 is 0 Å². The monoisotopic (exact) mass is 550 g/mol. The summed E-state index contributed by atoms with van der Waals surface area (Å²) >= 11 is 3.36. The molecule has 0 saturated carbocycles. The molecule has 0 radical (unpaired) electrons. The van der Waals surface area contributed by atoms with E-state index < -0.39 is 0 Å². The maximum absolute atomic E-state index is 4.50. The lowest BCUT2D eigenvalue weighted by atomic mass is 10.2. The molecule has 0 aliphatic carbocycles. The predicted molar refractivity (Wildman–Crippen MR) is 152 cm³/mol. The fourth-order valence-corrected chi connectivity index (χ4v) is 3.94. The van der Waals surface area contributed by atoms with E-state index in [1.165, 1.54) is 17.5 Å². The van der Waals surface area contributed by atoms with Gasteiger partial charge in [-0.15, -0.1) is 5.10 Å². The number of aryl methyl sites for hydroxylation is 2. The van der Waals surface area contributed by atoms with Gasteiger partial charge in [-0.1, -0.05) is 106 Å². The molecule has 0 bridgehead atoms. The van der Waals surface area contributed by atoms with Crippen molar-refractivity contribution >= 4 is 15.9 Å². The van der Waals surface area contributed by atoms with E-state index in [0.717, 1.165) is 32.9 Å². The lowest BCUT2D eigenvalue weighted by Gasteiger charge is -2.00. The second kappa shape index (κ2) is 13.1. The van der Waals surface area contributed by atoms with Gasteiger partial charge in [-0.2, -0.15) is 5.10 Å². The van der Waals surface area contributed by atoms with Crippen LogP contribution in [0.5, 0.6) is 0 Å². The maximum Gasteiger partial charge on any atom is 0.181 e. The molecule has 6 nitrogen and oxygen atoms in total. The summed E-state index contributed by atoms with van der Waals surface area (Å²) < 4.78 is 2.95. The molecular weight excluding hydrogens is 524 g/mol. The Hall–Kier alpha value is -4.36. The number of rotatable bonds is 3. The minimum atomic E-state index is 0.747. The molecule has 0 aliphatic heterocycles. The van der Waals surface area contributed by atoms with Crippen molar-refractivity contribution in [2.75, 3.05) is 0 Å². The molecule has 6 rings (SSSR count). The molecule has 2 aromatic heterocycles. The molecule has 184 valence electrons. The Labute approximate surface area is 225 Å². The largest absolute Gasteiger partial charge is 0.259 e. The highest BCUT2D eigenvalue weighted by atomic mass is 79.9. The fourth-order valence-electron chi connectivity index (χ4n) is 3.42.